The maximum absolute atomic E-state index is 12.3. The van der Waals surface area contributed by atoms with Crippen LogP contribution >= 0.6 is 0 Å². The number of carbonyl (C=O) groups is 1. The molecule has 1 fully saturated rings. The lowest BCUT2D eigenvalue weighted by atomic mass is 9.88. The number of likely N-dealkylation sites (tertiary alicyclic amines) is 1. The Hall–Kier alpha value is -2.34. The number of H-pyrrole nitrogens is 1. The van der Waals surface area contributed by atoms with Crippen molar-refractivity contribution in [3.05, 3.63) is 47.7 Å². The predicted molar refractivity (Wildman–Crippen MR) is 92.4 cm³/mol. The van der Waals surface area contributed by atoms with Crippen LogP contribution in [0.15, 0.2) is 36.4 Å². The Kier molecular flexibility index (Phi) is 5.15. The third-order valence-electron chi connectivity index (χ3n) is 4.77. The largest absolute Gasteiger partial charge is 0.393 e. The molecule has 24 heavy (non-hydrogen) atoms. The van der Waals surface area contributed by atoms with E-state index in [2.05, 4.69) is 22.3 Å². The molecule has 0 aliphatic carbocycles. The minimum absolute atomic E-state index is 0.0728. The Morgan fingerprint density at radius 3 is 2.67 bits per heavy atom. The molecular formula is C18H24N4O2. The van der Waals surface area contributed by atoms with E-state index in [9.17, 15) is 9.90 Å². The molecule has 1 atom stereocenters. The fourth-order valence-corrected chi connectivity index (χ4v) is 3.30. The summed E-state index contributed by atoms with van der Waals surface area (Å²) >= 11 is 0. The smallest absolute Gasteiger partial charge is 0.271 e. The van der Waals surface area contributed by atoms with Crippen molar-refractivity contribution in [3.8, 4) is 0 Å². The van der Waals surface area contributed by atoms with Crippen LogP contribution < -0.4 is 5.73 Å². The molecule has 4 N–H and O–H groups in total. The molecular weight excluding hydrogens is 304 g/mol. The number of aryl methyl sites for hydroxylation is 1. The van der Waals surface area contributed by atoms with Crippen LogP contribution in [0.1, 0.15) is 35.3 Å². The van der Waals surface area contributed by atoms with Crippen LogP contribution in [0.5, 0.6) is 0 Å². The maximum atomic E-state index is 12.3. The first-order valence-electron chi connectivity index (χ1n) is 8.45. The summed E-state index contributed by atoms with van der Waals surface area (Å²) in [4.78, 5) is 14.1. The summed E-state index contributed by atoms with van der Waals surface area (Å²) in [6.45, 7) is 1.32. The van der Waals surface area contributed by atoms with Gasteiger partial charge in [-0.2, -0.15) is 5.10 Å². The van der Waals surface area contributed by atoms with E-state index in [1.165, 1.54) is 5.56 Å². The summed E-state index contributed by atoms with van der Waals surface area (Å²) in [5.74, 6) is 0.505. The van der Waals surface area contributed by atoms with E-state index < -0.39 is 0 Å². The van der Waals surface area contributed by atoms with Crippen LogP contribution in [-0.2, 0) is 6.42 Å². The number of carbonyl (C=O) groups excluding carboxylic acids is 1. The van der Waals surface area contributed by atoms with Crippen LogP contribution in [0, 0.1) is 5.92 Å². The standard InChI is InChI=1S/C18H24N4O2/c19-17-12-15(20-21-17)18(24)22-10-8-14(9-11-22)16(23)7-6-13-4-2-1-3-5-13/h1-5,12,14,16,23H,6-11H2,(H3,19,20,21)/t16-/m0/s1. The van der Waals surface area contributed by atoms with E-state index in [-0.39, 0.29) is 17.9 Å². The maximum Gasteiger partial charge on any atom is 0.271 e. The zero-order valence-electron chi connectivity index (χ0n) is 13.7. The number of aromatic nitrogens is 2. The van der Waals surface area contributed by atoms with Crippen molar-refractivity contribution in [1.29, 1.82) is 0 Å². The lowest BCUT2D eigenvalue weighted by Crippen LogP contribution is -2.41. The fraction of sp³-hybridized carbons (Fsp3) is 0.444. The lowest BCUT2D eigenvalue weighted by molar-refractivity contribution is 0.0433. The van der Waals surface area contributed by atoms with Crippen molar-refractivity contribution in [2.75, 3.05) is 18.8 Å². The Labute approximate surface area is 141 Å². The van der Waals surface area contributed by atoms with Crippen LogP contribution in [0.4, 0.5) is 5.82 Å². The first-order valence-corrected chi connectivity index (χ1v) is 8.45. The highest BCUT2D eigenvalue weighted by atomic mass is 16.3. The van der Waals surface area contributed by atoms with E-state index in [4.69, 9.17) is 5.73 Å². The second kappa shape index (κ2) is 7.49. The van der Waals surface area contributed by atoms with Gasteiger partial charge in [0.25, 0.3) is 5.91 Å². The van der Waals surface area contributed by atoms with Gasteiger partial charge in [-0.05, 0) is 37.2 Å². The number of amides is 1. The number of aliphatic hydroxyl groups excluding tert-OH is 1. The van der Waals surface area contributed by atoms with Gasteiger partial charge in [0.05, 0.1) is 6.10 Å². The first-order chi connectivity index (χ1) is 11.6. The summed E-state index contributed by atoms with van der Waals surface area (Å²) in [6, 6.07) is 11.8. The van der Waals surface area contributed by atoms with Crippen molar-refractivity contribution in [2.24, 2.45) is 5.92 Å². The molecule has 2 aromatic rings. The zero-order valence-corrected chi connectivity index (χ0v) is 13.7. The molecule has 0 bridgehead atoms. The molecule has 1 aliphatic rings. The summed E-state index contributed by atoms with van der Waals surface area (Å²) in [5, 5.41) is 16.9. The summed E-state index contributed by atoms with van der Waals surface area (Å²) in [6.07, 6.45) is 2.98. The quantitative estimate of drug-likeness (QED) is 0.780. The number of nitrogens with zero attached hydrogens (tertiary/aromatic N) is 2. The van der Waals surface area contributed by atoms with Gasteiger partial charge in [-0.1, -0.05) is 30.3 Å². The van der Waals surface area contributed by atoms with Crippen molar-refractivity contribution in [3.63, 3.8) is 0 Å². The van der Waals surface area contributed by atoms with E-state index in [0.717, 1.165) is 25.7 Å². The van der Waals surface area contributed by atoms with E-state index in [0.29, 0.717) is 24.6 Å². The molecule has 3 rings (SSSR count). The highest BCUT2D eigenvalue weighted by Crippen LogP contribution is 2.24. The van der Waals surface area contributed by atoms with Crippen molar-refractivity contribution >= 4 is 11.7 Å². The van der Waals surface area contributed by atoms with Gasteiger partial charge < -0.3 is 15.7 Å². The summed E-state index contributed by atoms with van der Waals surface area (Å²) in [7, 11) is 0. The number of benzene rings is 1. The number of nitrogens with two attached hydrogens (primary N) is 1. The highest BCUT2D eigenvalue weighted by molar-refractivity contribution is 5.93. The molecule has 1 aromatic carbocycles. The summed E-state index contributed by atoms with van der Waals surface area (Å²) in [5.41, 5.74) is 7.22. The van der Waals surface area contributed by atoms with Crippen molar-refractivity contribution in [1.82, 2.24) is 15.1 Å². The molecule has 0 spiro atoms. The third kappa shape index (κ3) is 3.94. The number of piperidine rings is 1. The van der Waals surface area contributed by atoms with Gasteiger partial charge in [-0.15, -0.1) is 0 Å². The molecule has 1 saturated heterocycles. The van der Waals surface area contributed by atoms with Crippen LogP contribution in [0.25, 0.3) is 0 Å². The molecule has 0 saturated carbocycles. The SMILES string of the molecule is Nc1cc(C(=O)N2CCC([C@@H](O)CCc3ccccc3)CC2)[nH]n1. The Balaban J connectivity index is 1.46. The Bertz CT molecular complexity index is 663. The number of anilines is 1. The van der Waals surface area contributed by atoms with E-state index in [1.807, 2.05) is 18.2 Å². The second-order valence-corrected chi connectivity index (χ2v) is 6.43. The van der Waals surface area contributed by atoms with Crippen molar-refractivity contribution in [2.45, 2.75) is 31.8 Å². The minimum Gasteiger partial charge on any atom is -0.393 e. The molecule has 128 valence electrons. The fourth-order valence-electron chi connectivity index (χ4n) is 3.30. The molecule has 0 unspecified atom stereocenters. The Morgan fingerprint density at radius 1 is 1.33 bits per heavy atom. The number of aromatic amines is 1. The van der Waals surface area contributed by atoms with E-state index >= 15 is 0 Å². The number of nitrogen functional groups attached to an aromatic ring is 1. The van der Waals surface area contributed by atoms with Crippen molar-refractivity contribution < 1.29 is 9.90 Å². The topological polar surface area (TPSA) is 95.2 Å². The van der Waals surface area contributed by atoms with Crippen LogP contribution in [0.2, 0.25) is 0 Å². The minimum atomic E-state index is -0.315. The van der Waals surface area contributed by atoms with Gasteiger partial charge >= 0.3 is 0 Å². The molecule has 1 aromatic heterocycles. The van der Waals surface area contributed by atoms with Gasteiger partial charge in [0, 0.05) is 19.2 Å². The zero-order chi connectivity index (χ0) is 16.9. The van der Waals surface area contributed by atoms with E-state index in [1.54, 1.807) is 11.0 Å². The van der Waals surface area contributed by atoms with Crippen LogP contribution in [0.3, 0.4) is 0 Å². The third-order valence-corrected chi connectivity index (χ3v) is 4.77. The number of rotatable bonds is 5. The summed E-state index contributed by atoms with van der Waals surface area (Å²) < 4.78 is 0. The van der Waals surface area contributed by atoms with Gasteiger partial charge in [0.2, 0.25) is 0 Å². The van der Waals surface area contributed by atoms with Gasteiger partial charge in [-0.3, -0.25) is 9.89 Å². The van der Waals surface area contributed by atoms with Gasteiger partial charge in [-0.25, -0.2) is 0 Å². The number of hydrogen-bond donors (Lipinski definition) is 3. The molecule has 2 heterocycles. The van der Waals surface area contributed by atoms with Gasteiger partial charge in [0.15, 0.2) is 0 Å². The molecule has 1 aliphatic heterocycles. The number of nitrogens with one attached hydrogen (secondary N) is 1. The van der Waals surface area contributed by atoms with Crippen LogP contribution in [-0.4, -0.2) is 45.3 Å². The Morgan fingerprint density at radius 2 is 2.04 bits per heavy atom. The lowest BCUT2D eigenvalue weighted by Gasteiger charge is -2.34. The highest BCUT2D eigenvalue weighted by Gasteiger charge is 2.28. The number of hydrogen-bond acceptors (Lipinski definition) is 4. The average molecular weight is 328 g/mol. The molecule has 6 heteroatoms. The number of aliphatic hydroxyl groups is 1. The average Bonchev–Trinajstić information content (AvgIpc) is 3.06. The second-order valence-electron chi connectivity index (χ2n) is 6.43. The molecule has 0 radical (unpaired) electrons. The predicted octanol–water partition coefficient (Wildman–Crippen LogP) is 1.84. The first kappa shape index (κ1) is 16.5. The molecule has 1 amide bonds. The van der Waals surface area contributed by atoms with Gasteiger partial charge in [0.1, 0.15) is 11.5 Å². The normalized spacial score (nSPS) is 17.0. The molecule has 6 nitrogen and oxygen atoms in total. The monoisotopic (exact) mass is 328 g/mol.